The minimum Gasteiger partial charge on any atom is -0.398 e. The Morgan fingerprint density at radius 1 is 1.29 bits per heavy atom. The van der Waals surface area contributed by atoms with Crippen LogP contribution in [0.3, 0.4) is 0 Å². The average molecular weight is 243 g/mol. The van der Waals surface area contributed by atoms with Gasteiger partial charge >= 0.3 is 6.18 Å². The number of nitrogens with zero attached hydrogens (tertiary/aromatic N) is 3. The monoisotopic (exact) mass is 243 g/mol. The van der Waals surface area contributed by atoms with E-state index in [9.17, 15) is 13.2 Å². The van der Waals surface area contributed by atoms with Gasteiger partial charge in [-0.25, -0.2) is 0 Å². The summed E-state index contributed by atoms with van der Waals surface area (Å²) < 4.78 is 37.1. The van der Waals surface area contributed by atoms with Gasteiger partial charge in [0.15, 0.2) is 5.82 Å². The Labute approximate surface area is 93.8 Å². The maximum Gasteiger partial charge on any atom is 0.416 e. The zero-order chi connectivity index (χ0) is 12.5. The number of hydrogen-bond acceptors (Lipinski definition) is 4. The second-order valence-electron chi connectivity index (χ2n) is 3.42. The third-order valence-corrected chi connectivity index (χ3v) is 2.21. The Balaban J connectivity index is 2.26. The van der Waals surface area contributed by atoms with Crippen LogP contribution in [0, 0.1) is 0 Å². The van der Waals surface area contributed by atoms with Crippen molar-refractivity contribution in [1.29, 1.82) is 0 Å². The Morgan fingerprint density at radius 2 is 2.06 bits per heavy atom. The van der Waals surface area contributed by atoms with Gasteiger partial charge in [0, 0.05) is 12.1 Å². The molecule has 0 fully saturated rings. The highest BCUT2D eigenvalue weighted by Crippen LogP contribution is 2.31. The highest BCUT2D eigenvalue weighted by Gasteiger charge is 2.30. The largest absolute Gasteiger partial charge is 0.416 e. The summed E-state index contributed by atoms with van der Waals surface area (Å²) in [6, 6.07) is 3.19. The topological polar surface area (TPSA) is 80.5 Å². The van der Waals surface area contributed by atoms with Gasteiger partial charge in [-0.2, -0.15) is 18.4 Å². The highest BCUT2D eigenvalue weighted by molar-refractivity contribution is 5.50. The zero-order valence-electron chi connectivity index (χ0n) is 8.49. The van der Waals surface area contributed by atoms with Crippen LogP contribution >= 0.6 is 0 Å². The number of tetrazole rings is 1. The van der Waals surface area contributed by atoms with E-state index >= 15 is 0 Å². The quantitative estimate of drug-likeness (QED) is 0.781. The maximum absolute atomic E-state index is 12.4. The first-order valence-electron chi connectivity index (χ1n) is 4.65. The van der Waals surface area contributed by atoms with Crippen molar-refractivity contribution in [2.45, 2.75) is 12.6 Å². The number of H-pyrrole nitrogens is 1. The van der Waals surface area contributed by atoms with Crippen LogP contribution in [-0.2, 0) is 12.6 Å². The summed E-state index contributed by atoms with van der Waals surface area (Å²) >= 11 is 0. The number of anilines is 1. The molecule has 8 heteroatoms. The lowest BCUT2D eigenvalue weighted by Gasteiger charge is -2.09. The van der Waals surface area contributed by atoms with E-state index in [0.29, 0.717) is 11.4 Å². The van der Waals surface area contributed by atoms with Gasteiger partial charge in [0.1, 0.15) is 0 Å². The van der Waals surface area contributed by atoms with Crippen LogP contribution in [-0.4, -0.2) is 20.6 Å². The first-order valence-corrected chi connectivity index (χ1v) is 4.65. The number of benzene rings is 1. The molecule has 1 aromatic heterocycles. The van der Waals surface area contributed by atoms with Crippen molar-refractivity contribution in [2.24, 2.45) is 0 Å². The second kappa shape index (κ2) is 4.04. The molecule has 1 heterocycles. The van der Waals surface area contributed by atoms with Gasteiger partial charge in [-0.1, -0.05) is 11.3 Å². The summed E-state index contributed by atoms with van der Waals surface area (Å²) in [6.45, 7) is 0. The SMILES string of the molecule is Nc1cc(C(F)(F)F)ccc1Cc1nn[nH]n1. The molecular formula is C9H8F3N5. The lowest BCUT2D eigenvalue weighted by molar-refractivity contribution is -0.137. The van der Waals surface area contributed by atoms with Crippen LogP contribution in [0.4, 0.5) is 18.9 Å². The summed E-state index contributed by atoms with van der Waals surface area (Å²) in [6.07, 6.45) is -4.15. The van der Waals surface area contributed by atoms with Crippen molar-refractivity contribution in [3.8, 4) is 0 Å². The molecule has 3 N–H and O–H groups in total. The number of halogens is 3. The number of nitrogen functional groups attached to an aromatic ring is 1. The van der Waals surface area contributed by atoms with Crippen molar-refractivity contribution in [3.63, 3.8) is 0 Å². The standard InChI is InChI=1S/C9H8F3N5/c10-9(11,12)6-2-1-5(7(13)4-6)3-8-14-16-17-15-8/h1-2,4H,3,13H2,(H,14,15,16,17). The minimum atomic E-state index is -4.39. The third-order valence-electron chi connectivity index (χ3n) is 2.21. The van der Waals surface area contributed by atoms with Crippen LogP contribution in [0.5, 0.6) is 0 Å². The van der Waals surface area contributed by atoms with E-state index < -0.39 is 11.7 Å². The molecule has 0 aliphatic heterocycles. The van der Waals surface area contributed by atoms with Gasteiger partial charge < -0.3 is 5.73 Å². The molecular weight excluding hydrogens is 235 g/mol. The highest BCUT2D eigenvalue weighted by atomic mass is 19.4. The predicted molar refractivity (Wildman–Crippen MR) is 52.8 cm³/mol. The van der Waals surface area contributed by atoms with Gasteiger partial charge in [0.05, 0.1) is 5.56 Å². The number of rotatable bonds is 2. The fourth-order valence-electron chi connectivity index (χ4n) is 1.36. The molecule has 0 spiro atoms. The fraction of sp³-hybridized carbons (Fsp3) is 0.222. The van der Waals surface area contributed by atoms with Gasteiger partial charge in [-0.15, -0.1) is 10.2 Å². The van der Waals surface area contributed by atoms with E-state index in [1.165, 1.54) is 6.07 Å². The Bertz CT molecular complexity index is 506. The van der Waals surface area contributed by atoms with Gasteiger partial charge in [-0.3, -0.25) is 0 Å². The number of nitrogens with two attached hydrogens (primary N) is 1. The molecule has 0 aliphatic rings. The smallest absolute Gasteiger partial charge is 0.398 e. The summed E-state index contributed by atoms with van der Waals surface area (Å²) in [5, 5.41) is 13.0. The Hall–Kier alpha value is -2.12. The van der Waals surface area contributed by atoms with Crippen LogP contribution in [0.2, 0.25) is 0 Å². The Kier molecular flexibility index (Phi) is 2.70. The molecule has 0 saturated carbocycles. The zero-order valence-corrected chi connectivity index (χ0v) is 8.49. The van der Waals surface area contributed by atoms with Crippen LogP contribution in [0.15, 0.2) is 18.2 Å². The van der Waals surface area contributed by atoms with Crippen molar-refractivity contribution in [3.05, 3.63) is 35.2 Å². The molecule has 90 valence electrons. The van der Waals surface area contributed by atoms with Gasteiger partial charge in [-0.05, 0) is 17.7 Å². The molecule has 0 amide bonds. The predicted octanol–water partition coefficient (Wildman–Crippen LogP) is 1.39. The number of hydrogen-bond donors (Lipinski definition) is 2. The maximum atomic E-state index is 12.4. The van der Waals surface area contributed by atoms with Crippen molar-refractivity contribution < 1.29 is 13.2 Å². The summed E-state index contributed by atoms with van der Waals surface area (Å²) in [5.74, 6) is 0.372. The molecule has 0 bridgehead atoms. The lowest BCUT2D eigenvalue weighted by Crippen LogP contribution is -2.07. The van der Waals surface area contributed by atoms with E-state index in [-0.39, 0.29) is 12.1 Å². The van der Waals surface area contributed by atoms with Crippen molar-refractivity contribution in [1.82, 2.24) is 20.6 Å². The molecule has 5 nitrogen and oxygen atoms in total. The molecule has 2 aromatic rings. The van der Waals surface area contributed by atoms with E-state index in [4.69, 9.17) is 5.73 Å². The van der Waals surface area contributed by atoms with E-state index in [0.717, 1.165) is 12.1 Å². The summed E-state index contributed by atoms with van der Waals surface area (Å²) in [5.41, 5.74) is 5.36. The lowest BCUT2D eigenvalue weighted by atomic mass is 10.1. The van der Waals surface area contributed by atoms with E-state index in [1.807, 2.05) is 0 Å². The van der Waals surface area contributed by atoms with Crippen LogP contribution in [0.1, 0.15) is 17.0 Å². The van der Waals surface area contributed by atoms with Gasteiger partial charge in [0.25, 0.3) is 0 Å². The van der Waals surface area contributed by atoms with Gasteiger partial charge in [0.2, 0.25) is 0 Å². The summed E-state index contributed by atoms with van der Waals surface area (Å²) in [4.78, 5) is 0. The van der Waals surface area contributed by atoms with Crippen LogP contribution in [0.25, 0.3) is 0 Å². The molecule has 2 rings (SSSR count). The third kappa shape index (κ3) is 2.52. The van der Waals surface area contributed by atoms with Crippen molar-refractivity contribution >= 4 is 5.69 Å². The number of aromatic nitrogens is 4. The first-order chi connectivity index (χ1) is 7.97. The Morgan fingerprint density at radius 3 is 2.59 bits per heavy atom. The molecule has 0 atom stereocenters. The van der Waals surface area contributed by atoms with E-state index in [2.05, 4.69) is 20.6 Å². The molecule has 0 aliphatic carbocycles. The summed E-state index contributed by atoms with van der Waals surface area (Å²) in [7, 11) is 0. The van der Waals surface area contributed by atoms with E-state index in [1.54, 1.807) is 0 Å². The molecule has 0 saturated heterocycles. The minimum absolute atomic E-state index is 0.0598. The molecule has 0 radical (unpaired) electrons. The molecule has 0 unspecified atom stereocenters. The molecule has 17 heavy (non-hydrogen) atoms. The average Bonchev–Trinajstić information content (AvgIpc) is 2.72. The normalized spacial score (nSPS) is 11.7. The van der Waals surface area contributed by atoms with Crippen LogP contribution < -0.4 is 5.73 Å². The molecule has 1 aromatic carbocycles. The number of nitrogens with one attached hydrogen (secondary N) is 1. The second-order valence-corrected chi connectivity index (χ2v) is 3.42. The number of alkyl halides is 3. The van der Waals surface area contributed by atoms with Crippen molar-refractivity contribution in [2.75, 3.05) is 5.73 Å². The fourth-order valence-corrected chi connectivity index (χ4v) is 1.36. The first kappa shape index (κ1) is 11.4. The number of aromatic amines is 1.